The van der Waals surface area contributed by atoms with Crippen molar-refractivity contribution in [3.63, 3.8) is 0 Å². The molecule has 0 saturated heterocycles. The Morgan fingerprint density at radius 2 is 2.09 bits per heavy atom. The van der Waals surface area contributed by atoms with Gasteiger partial charge >= 0.3 is 0 Å². The second-order valence-electron chi connectivity index (χ2n) is 3.08. The molecule has 0 amide bonds. The first-order valence-electron chi connectivity index (χ1n) is 4.28. The van der Waals surface area contributed by atoms with Crippen LogP contribution in [0.5, 0.6) is 0 Å². The average Bonchev–Trinajstić information content (AvgIpc) is 1.97. The van der Waals surface area contributed by atoms with Gasteiger partial charge in [0, 0.05) is 12.6 Å². The summed E-state index contributed by atoms with van der Waals surface area (Å²) in [6, 6.07) is 0.393. The summed E-state index contributed by atoms with van der Waals surface area (Å²) in [5.41, 5.74) is 5.40. The van der Waals surface area contributed by atoms with Crippen molar-refractivity contribution in [2.24, 2.45) is 5.73 Å². The van der Waals surface area contributed by atoms with E-state index >= 15 is 0 Å². The fourth-order valence-corrected chi connectivity index (χ4v) is 0.829. The van der Waals surface area contributed by atoms with E-state index in [4.69, 9.17) is 10.8 Å². The largest absolute Gasteiger partial charge is 0.393 e. The minimum atomic E-state index is -0.176. The molecule has 0 heterocycles. The van der Waals surface area contributed by atoms with Gasteiger partial charge in [-0.1, -0.05) is 0 Å². The van der Waals surface area contributed by atoms with Gasteiger partial charge in [0.15, 0.2) is 0 Å². The first-order chi connectivity index (χ1) is 5.16. The number of hydrogen-bond acceptors (Lipinski definition) is 3. The van der Waals surface area contributed by atoms with Gasteiger partial charge in [-0.15, -0.1) is 0 Å². The smallest absolute Gasteiger partial charge is 0.0512 e. The Labute approximate surface area is 69.0 Å². The number of aliphatic hydroxyl groups excluding tert-OH is 1. The van der Waals surface area contributed by atoms with Crippen LogP contribution < -0.4 is 11.1 Å². The van der Waals surface area contributed by atoms with Gasteiger partial charge in [-0.2, -0.15) is 0 Å². The van der Waals surface area contributed by atoms with Crippen molar-refractivity contribution in [1.82, 2.24) is 5.32 Å². The van der Waals surface area contributed by atoms with E-state index in [1.54, 1.807) is 0 Å². The molecular formula is C8H20N2O. The summed E-state index contributed by atoms with van der Waals surface area (Å²) in [5, 5.41) is 12.2. The molecule has 0 fully saturated rings. The minimum Gasteiger partial charge on any atom is -0.393 e. The van der Waals surface area contributed by atoms with E-state index in [2.05, 4.69) is 12.2 Å². The zero-order valence-corrected chi connectivity index (χ0v) is 7.51. The van der Waals surface area contributed by atoms with Crippen molar-refractivity contribution in [3.8, 4) is 0 Å². The third-order valence-corrected chi connectivity index (χ3v) is 1.65. The van der Waals surface area contributed by atoms with Crippen LogP contribution in [0.25, 0.3) is 0 Å². The van der Waals surface area contributed by atoms with Crippen LogP contribution in [-0.2, 0) is 0 Å². The molecule has 68 valence electrons. The fourth-order valence-electron chi connectivity index (χ4n) is 0.829. The summed E-state index contributed by atoms with van der Waals surface area (Å²) in [7, 11) is 0. The Bertz CT molecular complexity index is 86.2. The molecule has 3 nitrogen and oxygen atoms in total. The van der Waals surface area contributed by atoms with Crippen molar-refractivity contribution in [2.45, 2.75) is 38.8 Å². The molecule has 0 saturated carbocycles. The normalized spacial score (nSPS) is 16.4. The van der Waals surface area contributed by atoms with Crippen LogP contribution in [0.15, 0.2) is 0 Å². The summed E-state index contributed by atoms with van der Waals surface area (Å²) in [6.45, 7) is 5.49. The third kappa shape index (κ3) is 7.78. The van der Waals surface area contributed by atoms with Gasteiger partial charge in [0.05, 0.1) is 6.10 Å². The van der Waals surface area contributed by atoms with E-state index < -0.39 is 0 Å². The highest BCUT2D eigenvalue weighted by Gasteiger charge is 1.98. The maximum Gasteiger partial charge on any atom is 0.0512 e. The summed E-state index contributed by atoms with van der Waals surface area (Å²) in [6.07, 6.45) is 1.71. The molecule has 0 bridgehead atoms. The first-order valence-corrected chi connectivity index (χ1v) is 4.28. The van der Waals surface area contributed by atoms with E-state index in [-0.39, 0.29) is 6.10 Å². The molecule has 0 radical (unpaired) electrons. The van der Waals surface area contributed by atoms with Gasteiger partial charge in [0.25, 0.3) is 0 Å². The van der Waals surface area contributed by atoms with Crippen LogP contribution in [0.3, 0.4) is 0 Å². The van der Waals surface area contributed by atoms with E-state index in [9.17, 15) is 0 Å². The van der Waals surface area contributed by atoms with Gasteiger partial charge in [-0.05, 0) is 33.2 Å². The second-order valence-corrected chi connectivity index (χ2v) is 3.08. The monoisotopic (exact) mass is 160 g/mol. The molecule has 0 aromatic carbocycles. The SMILES string of the molecule is CC(O)CCCN[C@H](C)CN. The lowest BCUT2D eigenvalue weighted by molar-refractivity contribution is 0.181. The number of hydrogen-bond donors (Lipinski definition) is 3. The maximum absolute atomic E-state index is 8.92. The number of nitrogens with one attached hydrogen (secondary N) is 1. The summed E-state index contributed by atoms with van der Waals surface area (Å²) < 4.78 is 0. The lowest BCUT2D eigenvalue weighted by Crippen LogP contribution is -2.33. The summed E-state index contributed by atoms with van der Waals surface area (Å²) in [5.74, 6) is 0. The second kappa shape index (κ2) is 6.58. The molecule has 0 rings (SSSR count). The van der Waals surface area contributed by atoms with Crippen molar-refractivity contribution < 1.29 is 5.11 Å². The maximum atomic E-state index is 8.92. The lowest BCUT2D eigenvalue weighted by Gasteiger charge is -2.11. The number of aliphatic hydroxyl groups is 1. The molecule has 1 unspecified atom stereocenters. The molecular weight excluding hydrogens is 140 g/mol. The minimum absolute atomic E-state index is 0.176. The molecule has 3 heteroatoms. The highest BCUT2D eigenvalue weighted by molar-refractivity contribution is 4.60. The summed E-state index contributed by atoms with van der Waals surface area (Å²) in [4.78, 5) is 0. The highest BCUT2D eigenvalue weighted by atomic mass is 16.3. The van der Waals surface area contributed by atoms with Gasteiger partial charge in [-0.3, -0.25) is 0 Å². The van der Waals surface area contributed by atoms with E-state index in [1.165, 1.54) is 0 Å². The average molecular weight is 160 g/mol. The van der Waals surface area contributed by atoms with Gasteiger partial charge < -0.3 is 16.2 Å². The fraction of sp³-hybridized carbons (Fsp3) is 1.00. The Hall–Kier alpha value is -0.120. The molecule has 0 aliphatic carbocycles. The third-order valence-electron chi connectivity index (χ3n) is 1.65. The quantitative estimate of drug-likeness (QED) is 0.482. The standard InChI is InChI=1S/C8H20N2O/c1-7(6-9)10-5-3-4-8(2)11/h7-8,10-11H,3-6,9H2,1-2H3/t7-,8?/m1/s1. The van der Waals surface area contributed by atoms with Gasteiger partial charge in [0.2, 0.25) is 0 Å². The highest BCUT2D eigenvalue weighted by Crippen LogP contribution is 1.93. The number of rotatable bonds is 6. The van der Waals surface area contributed by atoms with Crippen molar-refractivity contribution >= 4 is 0 Å². The van der Waals surface area contributed by atoms with E-state index in [0.29, 0.717) is 12.6 Å². The Morgan fingerprint density at radius 3 is 2.55 bits per heavy atom. The topological polar surface area (TPSA) is 58.3 Å². The van der Waals surface area contributed by atoms with Crippen molar-refractivity contribution in [2.75, 3.05) is 13.1 Å². The lowest BCUT2D eigenvalue weighted by atomic mass is 10.2. The predicted octanol–water partition coefficient (Wildman–Crippen LogP) is 0.0842. The van der Waals surface area contributed by atoms with Crippen LogP contribution in [-0.4, -0.2) is 30.3 Å². The molecule has 4 N–H and O–H groups in total. The number of nitrogens with two attached hydrogens (primary N) is 1. The molecule has 11 heavy (non-hydrogen) atoms. The summed E-state index contributed by atoms with van der Waals surface area (Å²) >= 11 is 0. The Balaban J connectivity index is 3.01. The van der Waals surface area contributed by atoms with Gasteiger partial charge in [-0.25, -0.2) is 0 Å². The molecule has 0 spiro atoms. The molecule has 0 aromatic rings. The molecule has 2 atom stereocenters. The predicted molar refractivity (Wildman–Crippen MR) is 47.4 cm³/mol. The van der Waals surface area contributed by atoms with Crippen LogP contribution in [0.1, 0.15) is 26.7 Å². The zero-order valence-electron chi connectivity index (χ0n) is 7.51. The Kier molecular flexibility index (Phi) is 6.51. The first kappa shape index (κ1) is 10.9. The van der Waals surface area contributed by atoms with Crippen LogP contribution in [0.2, 0.25) is 0 Å². The molecule has 0 aromatic heterocycles. The van der Waals surface area contributed by atoms with Crippen LogP contribution in [0.4, 0.5) is 0 Å². The zero-order chi connectivity index (χ0) is 8.69. The Morgan fingerprint density at radius 1 is 1.45 bits per heavy atom. The van der Waals surface area contributed by atoms with Gasteiger partial charge in [0.1, 0.15) is 0 Å². The van der Waals surface area contributed by atoms with Crippen molar-refractivity contribution in [3.05, 3.63) is 0 Å². The van der Waals surface area contributed by atoms with Crippen molar-refractivity contribution in [1.29, 1.82) is 0 Å². The van der Waals surface area contributed by atoms with Crippen LogP contribution in [0, 0.1) is 0 Å². The van der Waals surface area contributed by atoms with E-state index in [0.717, 1.165) is 19.4 Å². The molecule has 0 aliphatic heterocycles. The molecule has 0 aliphatic rings. The van der Waals surface area contributed by atoms with E-state index in [1.807, 2.05) is 6.92 Å². The van der Waals surface area contributed by atoms with Crippen LogP contribution >= 0.6 is 0 Å².